The van der Waals surface area contributed by atoms with E-state index in [0.29, 0.717) is 13.1 Å². The summed E-state index contributed by atoms with van der Waals surface area (Å²) in [6.07, 6.45) is 7.08. The lowest BCUT2D eigenvalue weighted by Crippen LogP contribution is -2.39. The van der Waals surface area contributed by atoms with E-state index in [1.54, 1.807) is 39.7 Å². The number of amides is 1. The molecule has 0 bridgehead atoms. The van der Waals surface area contributed by atoms with Crippen molar-refractivity contribution in [3.63, 3.8) is 0 Å². The number of anilines is 1. The van der Waals surface area contributed by atoms with Crippen molar-refractivity contribution >= 4 is 23.5 Å². The Labute approximate surface area is 216 Å². The number of halogens is 1. The summed E-state index contributed by atoms with van der Waals surface area (Å²) in [5, 5.41) is 14.1. The van der Waals surface area contributed by atoms with Crippen molar-refractivity contribution in [1.29, 1.82) is 5.26 Å². The van der Waals surface area contributed by atoms with Crippen molar-refractivity contribution in [2.24, 2.45) is 13.0 Å². The molecular formula is C27H33FN6OS. The lowest BCUT2D eigenvalue weighted by molar-refractivity contribution is 0.0599. The predicted octanol–water partition coefficient (Wildman–Crippen LogP) is 5.22. The number of aromatic nitrogens is 3. The topological polar surface area (TPSA) is 78.0 Å². The number of aryl methyl sites for hydroxylation is 2. The second-order valence-corrected chi connectivity index (χ2v) is 10.7. The van der Waals surface area contributed by atoms with Crippen molar-refractivity contribution in [2.75, 3.05) is 30.3 Å². The molecule has 36 heavy (non-hydrogen) atoms. The van der Waals surface area contributed by atoms with E-state index in [4.69, 9.17) is 10.1 Å². The number of hydrogen-bond acceptors (Lipinski definition) is 6. The highest BCUT2D eigenvalue weighted by Gasteiger charge is 2.31. The average Bonchev–Trinajstić information content (AvgIpc) is 3.37. The first-order valence-electron chi connectivity index (χ1n) is 12.5. The van der Waals surface area contributed by atoms with Gasteiger partial charge in [-0.1, -0.05) is 6.92 Å². The monoisotopic (exact) mass is 508 g/mol. The minimum absolute atomic E-state index is 0.0121. The maximum Gasteiger partial charge on any atom is 0.257 e. The van der Waals surface area contributed by atoms with Crippen molar-refractivity contribution in [3.05, 3.63) is 59.3 Å². The number of likely N-dealkylation sites (tertiary alicyclic amines) is 1. The molecule has 2 fully saturated rings. The summed E-state index contributed by atoms with van der Waals surface area (Å²) in [5.41, 5.74) is 1.78. The molecule has 190 valence electrons. The number of hydrogen-bond donors (Lipinski definition) is 0. The van der Waals surface area contributed by atoms with E-state index in [2.05, 4.69) is 11.0 Å². The van der Waals surface area contributed by atoms with Gasteiger partial charge in [-0.05, 0) is 62.6 Å². The minimum Gasteiger partial charge on any atom is -0.355 e. The zero-order valence-electron chi connectivity index (χ0n) is 21.2. The molecule has 2 atom stereocenters. The van der Waals surface area contributed by atoms with Gasteiger partial charge in [-0.3, -0.25) is 9.48 Å². The lowest BCUT2D eigenvalue weighted by Gasteiger charge is -2.35. The fourth-order valence-corrected chi connectivity index (χ4v) is 5.70. The van der Waals surface area contributed by atoms with Gasteiger partial charge in [0.05, 0.1) is 29.3 Å². The summed E-state index contributed by atoms with van der Waals surface area (Å²) in [5.74, 6) is 0.894. The zero-order valence-corrected chi connectivity index (χ0v) is 22.0. The van der Waals surface area contributed by atoms with E-state index >= 15 is 0 Å². The molecule has 0 saturated carbocycles. The first-order chi connectivity index (χ1) is 17.4. The third-order valence-electron chi connectivity index (χ3n) is 6.70. The van der Waals surface area contributed by atoms with E-state index in [1.165, 1.54) is 6.07 Å². The molecule has 1 aromatic carbocycles. The fourth-order valence-electron chi connectivity index (χ4n) is 5.00. The van der Waals surface area contributed by atoms with Crippen molar-refractivity contribution in [3.8, 4) is 6.07 Å². The number of rotatable bonds is 5. The van der Waals surface area contributed by atoms with E-state index < -0.39 is 5.82 Å². The van der Waals surface area contributed by atoms with Gasteiger partial charge in [-0.15, -0.1) is 11.8 Å². The molecule has 2 aromatic rings. The number of carbonyl (C=O) groups is 1. The van der Waals surface area contributed by atoms with Gasteiger partial charge in [0.1, 0.15) is 11.6 Å². The predicted molar refractivity (Wildman–Crippen MR) is 140 cm³/mol. The average molecular weight is 509 g/mol. The SMILES string of the molecule is CCSc1ccc(F)c(C(=O)N2CCCC[C@H]2c2ccnc(N3CC[C@H](C#N)C3)c(C)cn(C)n2)c1. The van der Waals surface area contributed by atoms with Gasteiger partial charge in [0.25, 0.3) is 5.91 Å². The number of piperidine rings is 1. The van der Waals surface area contributed by atoms with Crippen molar-refractivity contribution in [2.45, 2.75) is 50.5 Å². The molecule has 2 aliphatic rings. The van der Waals surface area contributed by atoms with Gasteiger partial charge in [0, 0.05) is 49.5 Å². The van der Waals surface area contributed by atoms with E-state index in [-0.39, 0.29) is 23.4 Å². The maximum atomic E-state index is 14.7. The van der Waals surface area contributed by atoms with Gasteiger partial charge in [0.15, 0.2) is 0 Å². The summed E-state index contributed by atoms with van der Waals surface area (Å²) < 4.78 is 16.5. The summed E-state index contributed by atoms with van der Waals surface area (Å²) in [4.78, 5) is 23.1. The Bertz CT molecular complexity index is 1210. The molecule has 3 heterocycles. The number of nitrogens with zero attached hydrogens (tertiary/aromatic N) is 6. The zero-order chi connectivity index (χ0) is 25.7. The van der Waals surface area contributed by atoms with E-state index in [1.807, 2.05) is 33.2 Å². The molecule has 0 spiro atoms. The van der Waals surface area contributed by atoms with Crippen LogP contribution in [0.2, 0.25) is 0 Å². The molecule has 7 nitrogen and oxygen atoms in total. The summed E-state index contributed by atoms with van der Waals surface area (Å²) in [6.45, 7) is 6.03. The molecule has 0 radical (unpaired) electrons. The molecule has 0 unspecified atom stereocenters. The van der Waals surface area contributed by atoms with Gasteiger partial charge in [-0.25, -0.2) is 9.37 Å². The molecule has 0 aliphatic carbocycles. The Balaban J connectivity index is 1.69. The molecule has 2 aliphatic heterocycles. The summed E-state index contributed by atoms with van der Waals surface area (Å²) in [6, 6.07) is 8.71. The third-order valence-corrected chi connectivity index (χ3v) is 7.58. The smallest absolute Gasteiger partial charge is 0.257 e. The van der Waals surface area contributed by atoms with Gasteiger partial charge >= 0.3 is 0 Å². The van der Waals surface area contributed by atoms with Crippen LogP contribution in [0.25, 0.3) is 0 Å². The second-order valence-electron chi connectivity index (χ2n) is 9.32. The van der Waals surface area contributed by atoms with Crippen molar-refractivity contribution < 1.29 is 9.18 Å². The van der Waals surface area contributed by atoms with Crippen LogP contribution < -0.4 is 4.90 Å². The highest BCUT2D eigenvalue weighted by molar-refractivity contribution is 7.99. The molecule has 1 amide bonds. The molecule has 2 saturated heterocycles. The maximum absolute atomic E-state index is 14.7. The Morgan fingerprint density at radius 3 is 2.83 bits per heavy atom. The van der Waals surface area contributed by atoms with Crippen LogP contribution >= 0.6 is 11.8 Å². The standard InChI is InChI=1S/C27H33FN6OS/c1-4-36-21-8-9-23(28)22(15-21)27(35)34-13-6-5-7-25(34)24-10-12-30-26(19(2)17-32(3)31-24)33-14-11-20(16-29)18-33/h8-10,12,15,17,20,25H,4-7,11,13-14,18H2,1-3H3/t20-,25+/m1/s1. The van der Waals surface area contributed by atoms with Crippen molar-refractivity contribution in [1.82, 2.24) is 19.7 Å². The van der Waals surface area contributed by atoms with Crippen LogP contribution in [0.4, 0.5) is 10.2 Å². The Hall–Kier alpha value is -3.12. The molecule has 0 N–H and O–H groups in total. The second kappa shape index (κ2) is 11.7. The lowest BCUT2D eigenvalue weighted by atomic mass is 9.98. The largest absolute Gasteiger partial charge is 0.355 e. The summed E-state index contributed by atoms with van der Waals surface area (Å²) in [7, 11) is 1.86. The Kier molecular flexibility index (Phi) is 8.47. The third kappa shape index (κ3) is 5.81. The van der Waals surface area contributed by atoms with Crippen LogP contribution in [0.5, 0.6) is 0 Å². The number of nitriles is 1. The van der Waals surface area contributed by atoms with Crippen LogP contribution in [0, 0.1) is 30.0 Å². The Morgan fingerprint density at radius 2 is 2.08 bits per heavy atom. The summed E-state index contributed by atoms with van der Waals surface area (Å²) >= 11 is 1.59. The first kappa shape index (κ1) is 26.0. The molecule has 4 rings (SSSR count). The number of thioether (sulfide) groups is 1. The molecule has 9 heteroatoms. The number of benzene rings is 1. The number of carbonyl (C=O) groups excluding carboxylic acids is 1. The fraction of sp³-hybridized carbons (Fsp3) is 0.481. The normalized spacial score (nSPS) is 19.6. The van der Waals surface area contributed by atoms with Crippen LogP contribution in [0.3, 0.4) is 0 Å². The van der Waals surface area contributed by atoms with Gasteiger partial charge in [-0.2, -0.15) is 10.4 Å². The Morgan fingerprint density at radius 1 is 1.25 bits per heavy atom. The highest BCUT2D eigenvalue weighted by Crippen LogP contribution is 2.32. The highest BCUT2D eigenvalue weighted by atomic mass is 32.2. The van der Waals surface area contributed by atoms with Crippen LogP contribution in [0.1, 0.15) is 60.3 Å². The molecule has 1 aromatic heterocycles. The van der Waals surface area contributed by atoms with Crippen LogP contribution in [-0.2, 0) is 7.05 Å². The van der Waals surface area contributed by atoms with Crippen LogP contribution in [-0.4, -0.2) is 51.0 Å². The molecular weight excluding hydrogens is 475 g/mol. The van der Waals surface area contributed by atoms with Gasteiger partial charge < -0.3 is 9.80 Å². The first-order valence-corrected chi connectivity index (χ1v) is 13.5. The van der Waals surface area contributed by atoms with E-state index in [0.717, 1.165) is 60.0 Å². The minimum atomic E-state index is -0.497. The van der Waals surface area contributed by atoms with Gasteiger partial charge in [0.2, 0.25) is 0 Å². The van der Waals surface area contributed by atoms with E-state index in [9.17, 15) is 14.4 Å². The quantitative estimate of drug-likeness (QED) is 0.516. The van der Waals surface area contributed by atoms with Crippen LogP contribution in [0.15, 0.2) is 41.6 Å².